The van der Waals surface area contributed by atoms with Crippen molar-refractivity contribution in [3.8, 4) is 11.4 Å². The molecule has 0 spiro atoms. The molecule has 2 aromatic carbocycles. The Morgan fingerprint density at radius 1 is 1.24 bits per heavy atom. The van der Waals surface area contributed by atoms with Crippen LogP contribution in [0.25, 0.3) is 5.69 Å². The third kappa shape index (κ3) is 4.32. The predicted molar refractivity (Wildman–Crippen MR) is 98.7 cm³/mol. The van der Waals surface area contributed by atoms with Crippen LogP contribution < -0.4 is 10.1 Å². The van der Waals surface area contributed by atoms with Gasteiger partial charge in [0, 0.05) is 23.1 Å². The Hall–Kier alpha value is -2.50. The summed E-state index contributed by atoms with van der Waals surface area (Å²) < 4.78 is 7.39. The predicted octanol–water partition coefficient (Wildman–Crippen LogP) is 4.59. The van der Waals surface area contributed by atoms with Gasteiger partial charge >= 0.3 is 0 Å². The molecule has 0 saturated carbocycles. The maximum Gasteiger partial charge on any atom is 0.265 e. The van der Waals surface area contributed by atoms with Crippen LogP contribution in [0.4, 0.5) is 5.69 Å². The lowest BCUT2D eigenvalue weighted by Gasteiger charge is -2.15. The van der Waals surface area contributed by atoms with Crippen molar-refractivity contribution in [3.05, 3.63) is 71.2 Å². The fourth-order valence-corrected chi connectivity index (χ4v) is 2.70. The zero-order chi connectivity index (χ0) is 17.8. The van der Waals surface area contributed by atoms with Crippen LogP contribution in [0.2, 0.25) is 10.0 Å². The van der Waals surface area contributed by atoms with Crippen molar-refractivity contribution in [1.82, 2.24) is 9.55 Å². The molecule has 1 atom stereocenters. The zero-order valence-electron chi connectivity index (χ0n) is 13.3. The van der Waals surface area contributed by atoms with Gasteiger partial charge in [0.05, 0.1) is 17.0 Å². The highest BCUT2D eigenvalue weighted by molar-refractivity contribution is 6.32. The van der Waals surface area contributed by atoms with E-state index in [1.807, 2.05) is 6.07 Å². The van der Waals surface area contributed by atoms with Crippen LogP contribution >= 0.6 is 23.2 Å². The molecule has 7 heteroatoms. The van der Waals surface area contributed by atoms with E-state index in [4.69, 9.17) is 27.9 Å². The molecule has 1 amide bonds. The molecular formula is C18H15Cl2N3O2. The molecule has 3 aromatic rings. The summed E-state index contributed by atoms with van der Waals surface area (Å²) >= 11 is 12.2. The van der Waals surface area contributed by atoms with Gasteiger partial charge in [-0.3, -0.25) is 4.79 Å². The van der Waals surface area contributed by atoms with Crippen molar-refractivity contribution < 1.29 is 9.53 Å². The van der Waals surface area contributed by atoms with Gasteiger partial charge in [0.1, 0.15) is 5.75 Å². The van der Waals surface area contributed by atoms with Crippen LogP contribution in [-0.4, -0.2) is 21.6 Å². The van der Waals surface area contributed by atoms with Crippen LogP contribution in [-0.2, 0) is 4.79 Å². The summed E-state index contributed by atoms with van der Waals surface area (Å²) in [5.41, 5.74) is 1.36. The standard InChI is InChI=1S/C18H15Cl2N3O2/c1-12(25-15-4-2-3-13(19)9-15)18(24)22-14-5-6-17(16(20)10-14)23-8-7-21-11-23/h2-12H,1H3,(H,22,24). The molecule has 0 aliphatic carbocycles. The topological polar surface area (TPSA) is 56.1 Å². The van der Waals surface area contributed by atoms with E-state index in [0.29, 0.717) is 21.5 Å². The molecule has 1 N–H and O–H groups in total. The summed E-state index contributed by atoms with van der Waals surface area (Å²) in [6.45, 7) is 1.66. The number of ether oxygens (including phenoxy) is 1. The maximum absolute atomic E-state index is 12.3. The maximum atomic E-state index is 12.3. The van der Waals surface area contributed by atoms with Crippen molar-refractivity contribution in [2.45, 2.75) is 13.0 Å². The second-order valence-electron chi connectivity index (χ2n) is 5.34. The van der Waals surface area contributed by atoms with Crippen LogP contribution in [0.3, 0.4) is 0 Å². The number of hydrogen-bond donors (Lipinski definition) is 1. The molecule has 3 rings (SSSR count). The molecule has 0 aliphatic heterocycles. The summed E-state index contributed by atoms with van der Waals surface area (Å²) in [5, 5.41) is 3.83. The molecule has 25 heavy (non-hydrogen) atoms. The Morgan fingerprint density at radius 3 is 2.76 bits per heavy atom. The first-order valence-corrected chi connectivity index (χ1v) is 8.29. The molecule has 1 heterocycles. The zero-order valence-corrected chi connectivity index (χ0v) is 14.8. The van der Waals surface area contributed by atoms with Crippen molar-refractivity contribution in [3.63, 3.8) is 0 Å². The SMILES string of the molecule is CC(Oc1cccc(Cl)c1)C(=O)Nc1ccc(-n2ccnc2)c(Cl)c1. The number of hydrogen-bond acceptors (Lipinski definition) is 3. The highest BCUT2D eigenvalue weighted by Crippen LogP contribution is 2.24. The van der Waals surface area contributed by atoms with Crippen molar-refractivity contribution in [2.24, 2.45) is 0 Å². The van der Waals surface area contributed by atoms with E-state index < -0.39 is 6.10 Å². The summed E-state index contributed by atoms with van der Waals surface area (Å²) in [7, 11) is 0. The van der Waals surface area contributed by atoms with Gasteiger partial charge in [0.2, 0.25) is 0 Å². The number of halogens is 2. The van der Waals surface area contributed by atoms with Crippen LogP contribution in [0.1, 0.15) is 6.92 Å². The minimum absolute atomic E-state index is 0.286. The summed E-state index contributed by atoms with van der Waals surface area (Å²) in [5.74, 6) is 0.245. The highest BCUT2D eigenvalue weighted by Gasteiger charge is 2.15. The van der Waals surface area contributed by atoms with Gasteiger partial charge in [0.25, 0.3) is 5.91 Å². The smallest absolute Gasteiger partial charge is 0.265 e. The Morgan fingerprint density at radius 2 is 2.08 bits per heavy atom. The van der Waals surface area contributed by atoms with Gasteiger partial charge < -0.3 is 14.6 Å². The number of nitrogens with zero attached hydrogens (tertiary/aromatic N) is 2. The molecule has 0 radical (unpaired) electrons. The fraction of sp³-hybridized carbons (Fsp3) is 0.111. The molecule has 128 valence electrons. The first kappa shape index (κ1) is 17.3. The van der Waals surface area contributed by atoms with E-state index in [-0.39, 0.29) is 5.91 Å². The van der Waals surface area contributed by atoms with E-state index >= 15 is 0 Å². The molecule has 0 bridgehead atoms. The quantitative estimate of drug-likeness (QED) is 0.709. The second-order valence-corrected chi connectivity index (χ2v) is 6.19. The Bertz CT molecular complexity index is 882. The third-order valence-corrected chi connectivity index (χ3v) is 4.01. The van der Waals surface area contributed by atoms with Gasteiger partial charge in [-0.25, -0.2) is 4.98 Å². The molecule has 5 nitrogen and oxygen atoms in total. The number of benzene rings is 2. The number of carbonyl (C=O) groups excluding carboxylic acids is 1. The van der Waals surface area contributed by atoms with Crippen LogP contribution in [0.15, 0.2) is 61.2 Å². The number of nitrogens with one attached hydrogen (secondary N) is 1. The molecule has 0 saturated heterocycles. The fourth-order valence-electron chi connectivity index (χ4n) is 2.24. The van der Waals surface area contributed by atoms with Crippen molar-refractivity contribution in [1.29, 1.82) is 0 Å². The lowest BCUT2D eigenvalue weighted by atomic mass is 10.2. The molecule has 1 unspecified atom stereocenters. The average Bonchev–Trinajstić information content (AvgIpc) is 3.09. The Kier molecular flexibility index (Phi) is 5.26. The molecule has 0 aliphatic rings. The van der Waals surface area contributed by atoms with E-state index in [0.717, 1.165) is 5.69 Å². The normalized spacial score (nSPS) is 11.8. The number of rotatable bonds is 5. The average molecular weight is 376 g/mol. The highest BCUT2D eigenvalue weighted by atomic mass is 35.5. The largest absolute Gasteiger partial charge is 0.481 e. The van der Waals surface area contributed by atoms with Gasteiger partial charge in [-0.2, -0.15) is 0 Å². The third-order valence-electron chi connectivity index (χ3n) is 3.48. The van der Waals surface area contributed by atoms with Crippen LogP contribution in [0, 0.1) is 0 Å². The lowest BCUT2D eigenvalue weighted by molar-refractivity contribution is -0.122. The number of carbonyl (C=O) groups is 1. The summed E-state index contributed by atoms with van der Waals surface area (Å²) in [6.07, 6.45) is 4.42. The Balaban J connectivity index is 1.67. The van der Waals surface area contributed by atoms with Crippen molar-refractivity contribution >= 4 is 34.8 Å². The first-order chi connectivity index (χ1) is 12.0. The minimum Gasteiger partial charge on any atom is -0.481 e. The van der Waals surface area contributed by atoms with E-state index in [9.17, 15) is 4.79 Å². The van der Waals surface area contributed by atoms with Crippen LogP contribution in [0.5, 0.6) is 5.75 Å². The van der Waals surface area contributed by atoms with Gasteiger partial charge in [-0.15, -0.1) is 0 Å². The minimum atomic E-state index is -0.689. The van der Waals surface area contributed by atoms with Gasteiger partial charge in [-0.1, -0.05) is 29.3 Å². The number of aromatic nitrogens is 2. The second kappa shape index (κ2) is 7.59. The van der Waals surface area contributed by atoms with E-state index in [2.05, 4.69) is 10.3 Å². The number of imidazole rings is 1. The van der Waals surface area contributed by atoms with Gasteiger partial charge in [0.15, 0.2) is 6.10 Å². The first-order valence-electron chi connectivity index (χ1n) is 7.54. The van der Waals surface area contributed by atoms with Gasteiger partial charge in [-0.05, 0) is 43.3 Å². The van der Waals surface area contributed by atoms with Crippen molar-refractivity contribution in [2.75, 3.05) is 5.32 Å². The van der Waals surface area contributed by atoms with E-state index in [1.54, 1.807) is 66.6 Å². The molecular weight excluding hydrogens is 361 g/mol. The number of amides is 1. The Labute approximate surface area is 155 Å². The summed E-state index contributed by atoms with van der Waals surface area (Å²) in [6, 6.07) is 12.2. The van der Waals surface area contributed by atoms with E-state index in [1.165, 1.54) is 0 Å². The lowest BCUT2D eigenvalue weighted by Crippen LogP contribution is -2.30. The number of anilines is 1. The summed E-state index contributed by atoms with van der Waals surface area (Å²) in [4.78, 5) is 16.3. The molecule has 0 fully saturated rings. The molecule has 1 aromatic heterocycles. The monoisotopic (exact) mass is 375 g/mol.